The van der Waals surface area contributed by atoms with Gasteiger partial charge in [-0.15, -0.1) is 0 Å². The lowest BCUT2D eigenvalue weighted by atomic mass is 10.1. The number of hydrogen-bond acceptors (Lipinski definition) is 3. The van der Waals surface area contributed by atoms with Gasteiger partial charge in [0.25, 0.3) is 0 Å². The number of carbonyl (C=O) groups is 1. The van der Waals surface area contributed by atoms with Crippen molar-refractivity contribution in [2.45, 2.75) is 38.8 Å². The van der Waals surface area contributed by atoms with Crippen molar-refractivity contribution in [2.75, 3.05) is 26.7 Å². The maximum atomic E-state index is 11.5. The number of carbonyl (C=O) groups excluding carboxylic acids is 1. The fourth-order valence-corrected chi connectivity index (χ4v) is 1.80. The number of likely N-dealkylation sites (N-methyl/N-ethyl adjacent to an activating group) is 1. The Hall–Kier alpha value is -0.610. The zero-order valence-electron chi connectivity index (χ0n) is 10.3. The first kappa shape index (κ1) is 12.5. The summed E-state index contributed by atoms with van der Waals surface area (Å²) in [6.07, 6.45) is 1.14. The first-order valence-electron chi connectivity index (χ1n) is 5.60. The normalized spacial score (nSPS) is 23.1. The highest BCUT2D eigenvalue weighted by molar-refractivity contribution is 5.78. The maximum Gasteiger partial charge on any atom is 0.234 e. The lowest BCUT2D eigenvalue weighted by molar-refractivity contribution is -0.121. The van der Waals surface area contributed by atoms with Gasteiger partial charge in [0.2, 0.25) is 5.91 Å². The van der Waals surface area contributed by atoms with Gasteiger partial charge in [-0.25, -0.2) is 0 Å². The van der Waals surface area contributed by atoms with Crippen LogP contribution in [0.25, 0.3) is 0 Å². The molecule has 4 nitrogen and oxygen atoms in total. The molecular formula is C11H23N3O. The minimum Gasteiger partial charge on any atom is -0.350 e. The summed E-state index contributed by atoms with van der Waals surface area (Å²) in [5.74, 6) is 0.0806. The largest absolute Gasteiger partial charge is 0.350 e. The average molecular weight is 213 g/mol. The second-order valence-corrected chi connectivity index (χ2v) is 5.43. The van der Waals surface area contributed by atoms with Gasteiger partial charge in [0.1, 0.15) is 0 Å². The molecule has 0 aliphatic carbocycles. The Labute approximate surface area is 92.4 Å². The van der Waals surface area contributed by atoms with E-state index in [1.807, 2.05) is 20.8 Å². The first-order chi connectivity index (χ1) is 6.87. The van der Waals surface area contributed by atoms with Crippen LogP contribution in [-0.4, -0.2) is 49.1 Å². The van der Waals surface area contributed by atoms with E-state index in [0.29, 0.717) is 12.6 Å². The quantitative estimate of drug-likeness (QED) is 0.703. The third-order valence-electron chi connectivity index (χ3n) is 2.46. The number of amides is 1. The molecule has 2 N–H and O–H groups in total. The van der Waals surface area contributed by atoms with Gasteiger partial charge in [0.15, 0.2) is 0 Å². The summed E-state index contributed by atoms with van der Waals surface area (Å²) in [5.41, 5.74) is -0.134. The number of nitrogens with one attached hydrogen (secondary N) is 2. The van der Waals surface area contributed by atoms with Gasteiger partial charge in [0.05, 0.1) is 6.54 Å². The Kier molecular flexibility index (Phi) is 4.11. The Morgan fingerprint density at radius 3 is 2.60 bits per heavy atom. The third kappa shape index (κ3) is 5.14. The standard InChI is InChI=1S/C11H23N3O/c1-11(2,3)13-10(15)7-12-9-5-6-14(4)8-9/h9,12H,5-8H2,1-4H3,(H,13,15). The van der Waals surface area contributed by atoms with E-state index in [-0.39, 0.29) is 11.4 Å². The van der Waals surface area contributed by atoms with Gasteiger partial charge < -0.3 is 15.5 Å². The van der Waals surface area contributed by atoms with Crippen molar-refractivity contribution in [2.24, 2.45) is 0 Å². The summed E-state index contributed by atoms with van der Waals surface area (Å²) in [7, 11) is 2.11. The monoisotopic (exact) mass is 213 g/mol. The molecule has 1 heterocycles. The highest BCUT2D eigenvalue weighted by Gasteiger charge is 2.20. The third-order valence-corrected chi connectivity index (χ3v) is 2.46. The molecule has 1 amide bonds. The zero-order chi connectivity index (χ0) is 11.5. The number of hydrogen-bond donors (Lipinski definition) is 2. The molecule has 15 heavy (non-hydrogen) atoms. The van der Waals surface area contributed by atoms with Gasteiger partial charge in [-0.3, -0.25) is 4.79 Å². The van der Waals surface area contributed by atoms with Crippen molar-refractivity contribution >= 4 is 5.91 Å². The molecule has 1 saturated heterocycles. The predicted molar refractivity (Wildman–Crippen MR) is 61.8 cm³/mol. The summed E-state index contributed by atoms with van der Waals surface area (Å²) in [6.45, 7) is 8.58. The molecule has 0 saturated carbocycles. The Balaban J connectivity index is 2.17. The molecule has 1 aliphatic rings. The average Bonchev–Trinajstić information content (AvgIpc) is 2.45. The minimum atomic E-state index is -0.134. The molecule has 4 heteroatoms. The van der Waals surface area contributed by atoms with Crippen molar-refractivity contribution in [1.82, 2.24) is 15.5 Å². The van der Waals surface area contributed by atoms with Gasteiger partial charge in [0, 0.05) is 18.1 Å². The van der Waals surface area contributed by atoms with E-state index in [0.717, 1.165) is 19.5 Å². The van der Waals surface area contributed by atoms with Crippen LogP contribution >= 0.6 is 0 Å². The topological polar surface area (TPSA) is 44.4 Å². The number of nitrogens with zero attached hydrogens (tertiary/aromatic N) is 1. The maximum absolute atomic E-state index is 11.5. The molecule has 1 atom stereocenters. The molecule has 1 aliphatic heterocycles. The van der Waals surface area contributed by atoms with Crippen LogP contribution in [0.5, 0.6) is 0 Å². The van der Waals surface area contributed by atoms with Crippen LogP contribution in [0, 0.1) is 0 Å². The highest BCUT2D eigenvalue weighted by atomic mass is 16.2. The van der Waals surface area contributed by atoms with Crippen LogP contribution < -0.4 is 10.6 Å². The van der Waals surface area contributed by atoms with E-state index in [1.54, 1.807) is 0 Å². The van der Waals surface area contributed by atoms with Crippen LogP contribution in [-0.2, 0) is 4.79 Å². The molecule has 88 valence electrons. The first-order valence-corrected chi connectivity index (χ1v) is 5.60. The van der Waals surface area contributed by atoms with Gasteiger partial charge in [-0.1, -0.05) is 0 Å². The highest BCUT2D eigenvalue weighted by Crippen LogP contribution is 2.05. The summed E-state index contributed by atoms with van der Waals surface area (Å²) < 4.78 is 0. The number of rotatable bonds is 3. The molecule has 0 bridgehead atoms. The van der Waals surface area contributed by atoms with Crippen LogP contribution in [0.1, 0.15) is 27.2 Å². The minimum absolute atomic E-state index is 0.0806. The summed E-state index contributed by atoms with van der Waals surface area (Å²) >= 11 is 0. The van der Waals surface area contributed by atoms with Crippen LogP contribution in [0.2, 0.25) is 0 Å². The van der Waals surface area contributed by atoms with E-state index >= 15 is 0 Å². The zero-order valence-corrected chi connectivity index (χ0v) is 10.3. The SMILES string of the molecule is CN1CCC(NCC(=O)NC(C)(C)C)C1. The summed E-state index contributed by atoms with van der Waals surface area (Å²) in [6, 6.07) is 0.473. The fourth-order valence-electron chi connectivity index (χ4n) is 1.80. The van der Waals surface area contributed by atoms with Crippen molar-refractivity contribution in [3.63, 3.8) is 0 Å². The lowest BCUT2D eigenvalue weighted by Crippen LogP contribution is -2.47. The molecular weight excluding hydrogens is 190 g/mol. The Bertz CT molecular complexity index is 222. The van der Waals surface area contributed by atoms with Crippen LogP contribution in [0.4, 0.5) is 0 Å². The van der Waals surface area contributed by atoms with E-state index in [2.05, 4.69) is 22.6 Å². The molecule has 1 rings (SSSR count). The van der Waals surface area contributed by atoms with Crippen molar-refractivity contribution in [3.05, 3.63) is 0 Å². The molecule has 1 fully saturated rings. The Morgan fingerprint density at radius 1 is 1.47 bits per heavy atom. The summed E-state index contributed by atoms with van der Waals surface area (Å²) in [5, 5.41) is 6.22. The molecule has 0 aromatic rings. The van der Waals surface area contributed by atoms with Crippen LogP contribution in [0.15, 0.2) is 0 Å². The van der Waals surface area contributed by atoms with Crippen molar-refractivity contribution in [3.8, 4) is 0 Å². The second-order valence-electron chi connectivity index (χ2n) is 5.43. The van der Waals surface area contributed by atoms with Gasteiger partial charge in [-0.2, -0.15) is 0 Å². The van der Waals surface area contributed by atoms with Crippen molar-refractivity contribution in [1.29, 1.82) is 0 Å². The van der Waals surface area contributed by atoms with Gasteiger partial charge >= 0.3 is 0 Å². The fraction of sp³-hybridized carbons (Fsp3) is 0.909. The van der Waals surface area contributed by atoms with Crippen molar-refractivity contribution < 1.29 is 4.79 Å². The van der Waals surface area contributed by atoms with E-state index in [9.17, 15) is 4.79 Å². The van der Waals surface area contributed by atoms with E-state index < -0.39 is 0 Å². The second kappa shape index (κ2) is 4.94. The molecule has 0 radical (unpaired) electrons. The van der Waals surface area contributed by atoms with E-state index in [4.69, 9.17) is 0 Å². The smallest absolute Gasteiger partial charge is 0.234 e. The van der Waals surface area contributed by atoms with E-state index in [1.165, 1.54) is 0 Å². The molecule has 0 aromatic carbocycles. The van der Waals surface area contributed by atoms with Crippen LogP contribution in [0.3, 0.4) is 0 Å². The molecule has 1 unspecified atom stereocenters. The van der Waals surface area contributed by atoms with Gasteiger partial charge in [-0.05, 0) is 40.8 Å². The Morgan fingerprint density at radius 2 is 2.13 bits per heavy atom. The molecule has 0 aromatic heterocycles. The summed E-state index contributed by atoms with van der Waals surface area (Å²) in [4.78, 5) is 13.8. The predicted octanol–water partition coefficient (Wildman–Crippen LogP) is 0.195. The number of likely N-dealkylation sites (tertiary alicyclic amines) is 1. The lowest BCUT2D eigenvalue weighted by Gasteiger charge is -2.21. The molecule has 0 spiro atoms.